The zero-order valence-corrected chi connectivity index (χ0v) is 14.8. The Balaban J connectivity index is 0.00000208. The van der Waals surface area contributed by atoms with Gasteiger partial charge in [-0.25, -0.2) is 17.6 Å². The molecule has 24 heavy (non-hydrogen) atoms. The molecule has 0 radical (unpaired) electrons. The van der Waals surface area contributed by atoms with Crippen molar-refractivity contribution in [2.45, 2.75) is 36.2 Å². The van der Waals surface area contributed by atoms with E-state index in [2.05, 4.69) is 10.1 Å². The van der Waals surface area contributed by atoms with E-state index in [4.69, 9.17) is 0 Å². The van der Waals surface area contributed by atoms with Gasteiger partial charge in [-0.05, 0) is 37.5 Å². The first-order chi connectivity index (χ1) is 10.9. The topological polar surface area (TPSA) is 75.7 Å². The second kappa shape index (κ2) is 7.35. The number of carbonyl (C=O) groups excluding carboxylic acids is 1. The van der Waals surface area contributed by atoms with Crippen LogP contribution in [0, 0.1) is 5.82 Å². The molecule has 0 spiro atoms. The van der Waals surface area contributed by atoms with E-state index >= 15 is 0 Å². The van der Waals surface area contributed by atoms with E-state index in [-0.39, 0.29) is 28.9 Å². The molecule has 2 saturated heterocycles. The molecule has 2 bridgehead atoms. The maximum absolute atomic E-state index is 13.4. The van der Waals surface area contributed by atoms with E-state index in [1.807, 2.05) is 0 Å². The van der Waals surface area contributed by atoms with Crippen LogP contribution in [0.15, 0.2) is 23.1 Å². The largest absolute Gasteiger partial charge is 0.465 e. The number of rotatable bonds is 3. The molecule has 1 aromatic carbocycles. The van der Waals surface area contributed by atoms with E-state index in [0.29, 0.717) is 19.1 Å². The zero-order chi connectivity index (χ0) is 16.6. The van der Waals surface area contributed by atoms with Crippen molar-refractivity contribution in [3.63, 3.8) is 0 Å². The predicted molar refractivity (Wildman–Crippen MR) is 88.3 cm³/mol. The lowest BCUT2D eigenvalue weighted by Gasteiger charge is -2.24. The van der Waals surface area contributed by atoms with Gasteiger partial charge >= 0.3 is 5.97 Å². The molecule has 2 fully saturated rings. The molecule has 1 N–H and O–H groups in total. The number of benzene rings is 1. The van der Waals surface area contributed by atoms with Gasteiger partial charge < -0.3 is 10.1 Å². The van der Waals surface area contributed by atoms with E-state index < -0.39 is 21.8 Å². The molecule has 0 saturated carbocycles. The van der Waals surface area contributed by atoms with Crippen LogP contribution in [0.5, 0.6) is 0 Å². The van der Waals surface area contributed by atoms with Crippen molar-refractivity contribution >= 4 is 28.4 Å². The van der Waals surface area contributed by atoms with Crippen molar-refractivity contribution in [3.8, 4) is 0 Å². The number of sulfonamides is 1. The lowest BCUT2D eigenvalue weighted by Crippen LogP contribution is -2.39. The quantitative estimate of drug-likeness (QED) is 0.808. The Kier molecular flexibility index (Phi) is 5.85. The minimum atomic E-state index is -3.88. The Hall–Kier alpha value is -1.22. The maximum atomic E-state index is 13.4. The first kappa shape index (κ1) is 19.1. The number of hydrogen-bond donors (Lipinski definition) is 1. The van der Waals surface area contributed by atoms with Crippen LogP contribution in [0.4, 0.5) is 4.39 Å². The van der Waals surface area contributed by atoms with Crippen molar-refractivity contribution in [1.82, 2.24) is 9.62 Å². The monoisotopic (exact) mass is 378 g/mol. The fourth-order valence-corrected chi connectivity index (χ4v) is 4.93. The zero-order valence-electron chi connectivity index (χ0n) is 13.2. The Bertz CT molecular complexity index is 728. The normalized spacial score (nSPS) is 24.1. The maximum Gasteiger partial charge on any atom is 0.339 e. The fraction of sp³-hybridized carbons (Fsp3) is 0.533. The Morgan fingerprint density at radius 1 is 1.29 bits per heavy atom. The lowest BCUT2D eigenvalue weighted by atomic mass is 10.1. The summed E-state index contributed by atoms with van der Waals surface area (Å²) in [6.45, 7) is 0.741. The summed E-state index contributed by atoms with van der Waals surface area (Å²) in [6.07, 6.45) is 2.72. The van der Waals surface area contributed by atoms with Crippen LogP contribution < -0.4 is 5.32 Å². The van der Waals surface area contributed by atoms with Crippen LogP contribution in [0.2, 0.25) is 0 Å². The number of carbonyl (C=O) groups is 1. The van der Waals surface area contributed by atoms with E-state index in [1.165, 1.54) is 4.31 Å². The number of nitrogens with zero attached hydrogens (tertiary/aromatic N) is 1. The highest BCUT2D eigenvalue weighted by atomic mass is 35.5. The van der Waals surface area contributed by atoms with E-state index in [0.717, 1.165) is 44.6 Å². The van der Waals surface area contributed by atoms with Crippen molar-refractivity contribution in [1.29, 1.82) is 0 Å². The SMILES string of the molecule is COC(=O)c1cc(F)ccc1S(=O)(=O)N1CCC2CCC(C1)N2.Cl. The van der Waals surface area contributed by atoms with Gasteiger partial charge in [-0.3, -0.25) is 0 Å². The van der Waals surface area contributed by atoms with Crippen LogP contribution in [-0.2, 0) is 14.8 Å². The third-order valence-electron chi connectivity index (χ3n) is 4.45. The van der Waals surface area contributed by atoms with Gasteiger partial charge in [-0.15, -0.1) is 12.4 Å². The van der Waals surface area contributed by atoms with Crippen LogP contribution in [-0.4, -0.2) is 51.0 Å². The summed E-state index contributed by atoms with van der Waals surface area (Å²) < 4.78 is 45.3. The Labute approximate surface area is 146 Å². The third kappa shape index (κ3) is 3.56. The van der Waals surface area contributed by atoms with Gasteiger partial charge in [-0.1, -0.05) is 0 Å². The molecule has 134 valence electrons. The van der Waals surface area contributed by atoms with Gasteiger partial charge in [0.15, 0.2) is 0 Å². The summed E-state index contributed by atoms with van der Waals surface area (Å²) >= 11 is 0. The molecular formula is C15H20ClFN2O4S. The summed E-state index contributed by atoms with van der Waals surface area (Å²) in [5.41, 5.74) is -0.269. The molecule has 2 aliphatic rings. The molecule has 2 heterocycles. The molecule has 2 aliphatic heterocycles. The van der Waals surface area contributed by atoms with Gasteiger partial charge in [0.25, 0.3) is 0 Å². The summed E-state index contributed by atoms with van der Waals surface area (Å²) in [4.78, 5) is 11.6. The number of esters is 1. The molecule has 9 heteroatoms. The van der Waals surface area contributed by atoms with E-state index in [1.54, 1.807) is 0 Å². The highest BCUT2D eigenvalue weighted by molar-refractivity contribution is 7.89. The molecule has 2 unspecified atom stereocenters. The smallest absolute Gasteiger partial charge is 0.339 e. The molecule has 0 amide bonds. The molecule has 0 aliphatic carbocycles. The van der Waals surface area contributed by atoms with Crippen LogP contribution >= 0.6 is 12.4 Å². The van der Waals surface area contributed by atoms with Gasteiger partial charge in [0, 0.05) is 25.2 Å². The van der Waals surface area contributed by atoms with Crippen molar-refractivity contribution in [3.05, 3.63) is 29.6 Å². The number of ether oxygens (including phenoxy) is 1. The number of methoxy groups -OCH3 is 1. The summed E-state index contributed by atoms with van der Waals surface area (Å²) in [5, 5.41) is 3.41. The molecule has 6 nitrogen and oxygen atoms in total. The summed E-state index contributed by atoms with van der Waals surface area (Å²) in [5.74, 6) is -1.54. The number of halogens is 2. The van der Waals surface area contributed by atoms with Crippen LogP contribution in [0.1, 0.15) is 29.6 Å². The molecule has 0 aromatic heterocycles. The van der Waals surface area contributed by atoms with Gasteiger partial charge in [0.2, 0.25) is 10.0 Å². The minimum absolute atomic E-state index is 0. The second-order valence-electron chi connectivity index (χ2n) is 5.92. The van der Waals surface area contributed by atoms with E-state index in [9.17, 15) is 17.6 Å². The highest BCUT2D eigenvalue weighted by Crippen LogP contribution is 2.27. The number of fused-ring (bicyclic) bond motifs is 2. The Morgan fingerprint density at radius 3 is 2.71 bits per heavy atom. The molecule has 3 rings (SSSR count). The average molecular weight is 379 g/mol. The summed E-state index contributed by atoms with van der Waals surface area (Å²) in [6, 6.07) is 3.54. The molecule has 1 aromatic rings. The van der Waals surface area contributed by atoms with Crippen molar-refractivity contribution in [2.75, 3.05) is 20.2 Å². The lowest BCUT2D eigenvalue weighted by molar-refractivity contribution is 0.0595. The average Bonchev–Trinajstić information content (AvgIpc) is 2.84. The van der Waals surface area contributed by atoms with Crippen molar-refractivity contribution < 1.29 is 22.3 Å². The summed E-state index contributed by atoms with van der Waals surface area (Å²) in [7, 11) is -2.75. The van der Waals surface area contributed by atoms with Gasteiger partial charge in [0.05, 0.1) is 17.6 Å². The fourth-order valence-electron chi connectivity index (χ4n) is 3.26. The minimum Gasteiger partial charge on any atom is -0.465 e. The predicted octanol–water partition coefficient (Wildman–Crippen LogP) is 1.55. The number of nitrogens with one attached hydrogen (secondary N) is 1. The molecule has 2 atom stereocenters. The van der Waals surface area contributed by atoms with Crippen LogP contribution in [0.25, 0.3) is 0 Å². The Morgan fingerprint density at radius 2 is 2.00 bits per heavy atom. The first-order valence-corrected chi connectivity index (χ1v) is 9.00. The molecular weight excluding hydrogens is 359 g/mol. The van der Waals surface area contributed by atoms with Gasteiger partial charge in [-0.2, -0.15) is 4.31 Å². The van der Waals surface area contributed by atoms with Gasteiger partial charge in [0.1, 0.15) is 5.82 Å². The van der Waals surface area contributed by atoms with Crippen molar-refractivity contribution in [2.24, 2.45) is 0 Å². The second-order valence-corrected chi connectivity index (χ2v) is 7.83. The third-order valence-corrected chi connectivity index (χ3v) is 6.37. The number of hydrogen-bond acceptors (Lipinski definition) is 5. The van der Waals surface area contributed by atoms with Crippen LogP contribution in [0.3, 0.4) is 0 Å². The highest BCUT2D eigenvalue weighted by Gasteiger charge is 2.36. The first-order valence-electron chi connectivity index (χ1n) is 7.56. The standard InChI is InChI=1S/C15H19FN2O4S.ClH/c1-22-15(19)13-8-10(16)2-5-14(13)23(20,21)18-7-6-11-3-4-12(9-18)17-11;/h2,5,8,11-12,17H,3-4,6-7,9H2,1H3;1H.